The van der Waals surface area contributed by atoms with Crippen molar-refractivity contribution in [2.75, 3.05) is 12.9 Å². The summed E-state index contributed by atoms with van der Waals surface area (Å²) < 4.78 is 26.7. The van der Waals surface area contributed by atoms with Gasteiger partial charge in [0.2, 0.25) is 0 Å². The van der Waals surface area contributed by atoms with E-state index in [-0.39, 0.29) is 18.1 Å². The minimum atomic E-state index is -3.96. The summed E-state index contributed by atoms with van der Waals surface area (Å²) in [5.41, 5.74) is 0.308. The molecule has 1 aliphatic heterocycles. The Labute approximate surface area is 186 Å². The Morgan fingerprint density at radius 3 is 2.66 bits per heavy atom. The number of aliphatic hydroxyl groups excluding tert-OH is 2. The van der Waals surface area contributed by atoms with Crippen LogP contribution in [0.2, 0.25) is 0 Å². The molecular formula is C23H27NO7S. The predicted molar refractivity (Wildman–Crippen MR) is 114 cm³/mol. The zero-order chi connectivity index (χ0) is 23.2. The van der Waals surface area contributed by atoms with E-state index in [4.69, 9.17) is 4.84 Å². The van der Waals surface area contributed by atoms with E-state index in [0.717, 1.165) is 34.7 Å². The van der Waals surface area contributed by atoms with E-state index in [2.05, 4.69) is 0 Å². The second kappa shape index (κ2) is 6.72. The largest absolute Gasteiger partial charge is 0.392 e. The zero-order valence-electron chi connectivity index (χ0n) is 18.3. The number of carbonyl (C=O) groups is 2. The molecule has 0 aromatic rings. The summed E-state index contributed by atoms with van der Waals surface area (Å²) in [6, 6.07) is 0. The maximum absolute atomic E-state index is 13.5. The Balaban J connectivity index is 1.85. The monoisotopic (exact) mass is 461 g/mol. The molecule has 4 atom stereocenters. The SMILES string of the molecule is C[C@H]1C=C2C(=O)C=C3C4=C(C5=C(CCC5)C4)N(S(C)(=O)=O)O[C@]3(C(=O)CO)[C@@]2(C)C[C@@H]1O. The van der Waals surface area contributed by atoms with Crippen LogP contribution < -0.4 is 0 Å². The van der Waals surface area contributed by atoms with Crippen LogP contribution in [0.1, 0.15) is 46.0 Å². The van der Waals surface area contributed by atoms with E-state index >= 15 is 0 Å². The molecule has 9 heteroatoms. The van der Waals surface area contributed by atoms with Gasteiger partial charge in [-0.2, -0.15) is 0 Å². The van der Waals surface area contributed by atoms with E-state index in [1.165, 1.54) is 6.08 Å². The minimum absolute atomic E-state index is 0.0160. The number of nitrogens with zero attached hydrogens (tertiary/aromatic N) is 1. The molecule has 32 heavy (non-hydrogen) atoms. The standard InChI is InChI=1S/C23H27NO7S/c1-12-7-17-18(26)9-16-15-8-13-5-4-6-14(13)21(15)24(32(3,29)30)31-23(16,20(28)11-25)22(17,2)10-19(12)27/h7,9,12,19,25,27H,4-6,8,10-11H2,1-3H3/t12-,19-,22-,23+/m0/s1. The van der Waals surface area contributed by atoms with Crippen LogP contribution in [-0.2, 0) is 24.4 Å². The number of carbonyl (C=O) groups excluding carboxylic acids is 2. The summed E-state index contributed by atoms with van der Waals surface area (Å²) in [4.78, 5) is 33.0. The summed E-state index contributed by atoms with van der Waals surface area (Å²) in [5.74, 6) is -1.34. The van der Waals surface area contributed by atoms with Crippen molar-refractivity contribution in [1.82, 2.24) is 4.47 Å². The molecule has 0 radical (unpaired) electrons. The average Bonchev–Trinajstić information content (AvgIpc) is 3.30. The highest BCUT2D eigenvalue weighted by Crippen LogP contribution is 2.62. The molecule has 0 unspecified atom stereocenters. The molecule has 5 aliphatic rings. The fourth-order valence-corrected chi connectivity index (χ4v) is 7.05. The van der Waals surface area contributed by atoms with E-state index in [1.54, 1.807) is 19.9 Å². The first kappa shape index (κ1) is 21.8. The molecule has 0 spiro atoms. The van der Waals surface area contributed by atoms with Crippen molar-refractivity contribution < 1.29 is 33.1 Å². The fraction of sp³-hybridized carbons (Fsp3) is 0.565. The van der Waals surface area contributed by atoms with Gasteiger partial charge in [0.25, 0.3) is 10.0 Å². The Bertz CT molecular complexity index is 1190. The molecule has 1 heterocycles. The number of hydrogen-bond acceptors (Lipinski definition) is 7. The second-order valence-corrected chi connectivity index (χ2v) is 11.5. The van der Waals surface area contributed by atoms with Crippen molar-refractivity contribution in [3.8, 4) is 0 Å². The average molecular weight is 462 g/mol. The van der Waals surface area contributed by atoms with Gasteiger partial charge in [0, 0.05) is 22.5 Å². The summed E-state index contributed by atoms with van der Waals surface area (Å²) in [5, 5.41) is 20.7. The second-order valence-electron chi connectivity index (χ2n) is 9.75. The molecule has 0 saturated heterocycles. The van der Waals surface area contributed by atoms with E-state index in [1.807, 2.05) is 0 Å². The molecule has 0 bridgehead atoms. The number of hydroxylamine groups is 1. The molecule has 4 aliphatic carbocycles. The smallest absolute Gasteiger partial charge is 0.254 e. The number of fused-ring (bicyclic) bond motifs is 5. The van der Waals surface area contributed by atoms with Gasteiger partial charge in [0.1, 0.15) is 6.61 Å². The van der Waals surface area contributed by atoms with Crippen LogP contribution in [0.15, 0.2) is 45.7 Å². The summed E-state index contributed by atoms with van der Waals surface area (Å²) in [6.45, 7) is 2.53. The molecule has 0 aromatic carbocycles. The van der Waals surface area contributed by atoms with Gasteiger partial charge >= 0.3 is 0 Å². The number of hydrogen-bond donors (Lipinski definition) is 2. The molecular weight excluding hydrogens is 434 g/mol. The molecule has 5 rings (SSSR count). The number of sulfonamides is 1. The van der Waals surface area contributed by atoms with Gasteiger partial charge in [-0.15, -0.1) is 4.47 Å². The van der Waals surface area contributed by atoms with Crippen LogP contribution >= 0.6 is 0 Å². The number of ketones is 2. The third-order valence-corrected chi connectivity index (χ3v) is 8.66. The Morgan fingerprint density at radius 2 is 2.00 bits per heavy atom. The predicted octanol–water partition coefficient (Wildman–Crippen LogP) is 1.47. The number of aliphatic hydroxyl groups is 2. The van der Waals surface area contributed by atoms with Crippen LogP contribution in [0.3, 0.4) is 0 Å². The quantitative estimate of drug-likeness (QED) is 0.653. The Morgan fingerprint density at radius 1 is 1.28 bits per heavy atom. The van der Waals surface area contributed by atoms with Gasteiger partial charge in [0.05, 0.1) is 18.1 Å². The fourth-order valence-electron chi connectivity index (χ4n) is 6.25. The topological polar surface area (TPSA) is 121 Å². The third-order valence-electron chi connectivity index (χ3n) is 7.80. The van der Waals surface area contributed by atoms with Crippen molar-refractivity contribution >= 4 is 21.6 Å². The van der Waals surface area contributed by atoms with Crippen LogP contribution in [0.5, 0.6) is 0 Å². The summed E-state index contributed by atoms with van der Waals surface area (Å²) in [7, 11) is -3.96. The highest BCUT2D eigenvalue weighted by atomic mass is 32.2. The summed E-state index contributed by atoms with van der Waals surface area (Å²) in [6.07, 6.45) is 6.05. The van der Waals surface area contributed by atoms with Gasteiger partial charge in [0.15, 0.2) is 17.2 Å². The lowest BCUT2D eigenvalue weighted by Crippen LogP contribution is -2.66. The van der Waals surface area contributed by atoms with Crippen molar-refractivity contribution in [1.29, 1.82) is 0 Å². The molecule has 8 nitrogen and oxygen atoms in total. The first-order valence-electron chi connectivity index (χ1n) is 10.9. The van der Waals surface area contributed by atoms with Crippen LogP contribution in [0.25, 0.3) is 0 Å². The molecule has 172 valence electrons. The highest BCUT2D eigenvalue weighted by Gasteiger charge is 2.68. The van der Waals surface area contributed by atoms with Crippen molar-refractivity contribution in [2.24, 2.45) is 11.3 Å². The van der Waals surface area contributed by atoms with Gasteiger partial charge in [-0.05, 0) is 49.3 Å². The zero-order valence-corrected chi connectivity index (χ0v) is 19.2. The van der Waals surface area contributed by atoms with Crippen molar-refractivity contribution in [2.45, 2.75) is 57.7 Å². The highest BCUT2D eigenvalue weighted by molar-refractivity contribution is 7.88. The number of allylic oxidation sites excluding steroid dienone is 3. The van der Waals surface area contributed by atoms with E-state index in [0.29, 0.717) is 35.3 Å². The lowest BCUT2D eigenvalue weighted by atomic mass is 9.53. The lowest BCUT2D eigenvalue weighted by Gasteiger charge is -2.56. The van der Waals surface area contributed by atoms with Crippen LogP contribution in [0, 0.1) is 11.3 Å². The maximum Gasteiger partial charge on any atom is 0.254 e. The Kier molecular flexibility index (Phi) is 4.57. The van der Waals surface area contributed by atoms with Gasteiger partial charge in [-0.1, -0.05) is 25.5 Å². The summed E-state index contributed by atoms with van der Waals surface area (Å²) >= 11 is 0. The van der Waals surface area contributed by atoms with E-state index < -0.39 is 39.5 Å². The molecule has 0 saturated carbocycles. The molecule has 2 N–H and O–H groups in total. The maximum atomic E-state index is 13.5. The van der Waals surface area contributed by atoms with Crippen LogP contribution in [-0.4, -0.2) is 59.2 Å². The third kappa shape index (κ3) is 2.56. The minimum Gasteiger partial charge on any atom is -0.392 e. The molecule has 0 amide bonds. The molecule has 0 aromatic heterocycles. The lowest BCUT2D eigenvalue weighted by molar-refractivity contribution is -0.214. The van der Waals surface area contributed by atoms with Crippen LogP contribution in [0.4, 0.5) is 0 Å². The van der Waals surface area contributed by atoms with Crippen molar-refractivity contribution in [3.05, 3.63) is 45.7 Å². The Hall–Kier alpha value is -2.07. The van der Waals surface area contributed by atoms with Crippen molar-refractivity contribution in [3.63, 3.8) is 0 Å². The first-order chi connectivity index (χ1) is 15.0. The number of Topliss-reactive ketones (excluding diaryl/α,β-unsaturated/α-hetero) is 1. The first-order valence-corrected chi connectivity index (χ1v) is 12.8. The number of rotatable bonds is 3. The normalized spacial score (nSPS) is 36.4. The van der Waals surface area contributed by atoms with E-state index in [9.17, 15) is 28.2 Å². The molecule has 0 fully saturated rings. The van der Waals surface area contributed by atoms with Gasteiger partial charge in [-0.25, -0.2) is 13.3 Å². The van der Waals surface area contributed by atoms with Gasteiger partial charge in [-0.3, -0.25) is 9.59 Å². The van der Waals surface area contributed by atoms with Gasteiger partial charge < -0.3 is 10.2 Å².